The maximum atomic E-state index is 6.12. The van der Waals surface area contributed by atoms with Crippen molar-refractivity contribution in [2.24, 2.45) is 0 Å². The van der Waals surface area contributed by atoms with Crippen molar-refractivity contribution in [1.29, 1.82) is 0 Å². The van der Waals surface area contributed by atoms with Crippen molar-refractivity contribution in [1.82, 2.24) is 9.55 Å². The lowest BCUT2D eigenvalue weighted by Gasteiger charge is -2.07. The molecule has 96 valence electrons. The van der Waals surface area contributed by atoms with Crippen LogP contribution in [0.15, 0.2) is 29.6 Å². The first-order valence-electron chi connectivity index (χ1n) is 6.25. The molecular weight excluding hydrogens is 278 g/mol. The molecule has 1 saturated carbocycles. The van der Waals surface area contributed by atoms with E-state index in [0.29, 0.717) is 6.04 Å². The standard InChI is InChI=1S/C14H12ClN3S/c15-8-1-4-11-12(7-8)18(9-2-3-9)14(17-11)10-5-6-19-13(10)16/h1,4-7,9H,2-3,16H2. The second-order valence-electron chi connectivity index (χ2n) is 4.87. The van der Waals surface area contributed by atoms with Gasteiger partial charge in [0.1, 0.15) is 5.82 Å². The SMILES string of the molecule is Nc1sccc1-c1nc2ccc(Cl)cc2n1C1CC1. The summed E-state index contributed by atoms with van der Waals surface area (Å²) in [5.74, 6) is 0.971. The van der Waals surface area contributed by atoms with Crippen molar-refractivity contribution in [3.63, 3.8) is 0 Å². The maximum Gasteiger partial charge on any atom is 0.144 e. The van der Waals surface area contributed by atoms with Crippen LogP contribution >= 0.6 is 22.9 Å². The molecule has 4 rings (SSSR count). The first-order valence-corrected chi connectivity index (χ1v) is 7.50. The fourth-order valence-electron chi connectivity index (χ4n) is 2.46. The number of fused-ring (bicyclic) bond motifs is 1. The Morgan fingerprint density at radius 2 is 2.16 bits per heavy atom. The Labute approximate surface area is 119 Å². The molecule has 3 nitrogen and oxygen atoms in total. The van der Waals surface area contributed by atoms with Crippen LogP contribution in [0.5, 0.6) is 0 Å². The van der Waals surface area contributed by atoms with Gasteiger partial charge in [0.05, 0.1) is 21.6 Å². The van der Waals surface area contributed by atoms with Gasteiger partial charge in [-0.1, -0.05) is 11.6 Å². The number of thiophene rings is 1. The third-order valence-corrected chi connectivity index (χ3v) is 4.48. The van der Waals surface area contributed by atoms with E-state index >= 15 is 0 Å². The molecule has 19 heavy (non-hydrogen) atoms. The zero-order valence-corrected chi connectivity index (χ0v) is 11.7. The van der Waals surface area contributed by atoms with Crippen molar-refractivity contribution >= 4 is 39.0 Å². The summed E-state index contributed by atoms with van der Waals surface area (Å²) in [6.45, 7) is 0. The van der Waals surface area contributed by atoms with E-state index in [9.17, 15) is 0 Å². The molecule has 2 N–H and O–H groups in total. The third kappa shape index (κ3) is 1.75. The van der Waals surface area contributed by atoms with Crippen LogP contribution in [0.3, 0.4) is 0 Å². The number of halogens is 1. The van der Waals surface area contributed by atoms with Gasteiger partial charge in [0.2, 0.25) is 0 Å². The minimum atomic E-state index is 0.540. The van der Waals surface area contributed by atoms with Crippen molar-refractivity contribution in [2.75, 3.05) is 5.73 Å². The highest BCUT2D eigenvalue weighted by Crippen LogP contribution is 2.43. The van der Waals surface area contributed by atoms with Gasteiger partial charge in [-0.3, -0.25) is 0 Å². The molecular formula is C14H12ClN3S. The van der Waals surface area contributed by atoms with Crippen LogP contribution < -0.4 is 5.73 Å². The topological polar surface area (TPSA) is 43.8 Å². The van der Waals surface area contributed by atoms with Gasteiger partial charge in [-0.2, -0.15) is 0 Å². The second-order valence-corrected chi connectivity index (χ2v) is 6.25. The molecule has 0 saturated heterocycles. The van der Waals surface area contributed by atoms with E-state index in [-0.39, 0.29) is 0 Å². The molecule has 2 heterocycles. The Morgan fingerprint density at radius 1 is 1.32 bits per heavy atom. The van der Waals surface area contributed by atoms with Gasteiger partial charge >= 0.3 is 0 Å². The third-order valence-electron chi connectivity index (χ3n) is 3.50. The van der Waals surface area contributed by atoms with Crippen LogP contribution in [0.2, 0.25) is 5.02 Å². The minimum Gasteiger partial charge on any atom is -0.390 e. The number of imidazole rings is 1. The minimum absolute atomic E-state index is 0.540. The number of nitrogen functional groups attached to an aromatic ring is 1. The lowest BCUT2D eigenvalue weighted by Crippen LogP contribution is -1.98. The molecule has 1 aromatic carbocycles. The molecule has 1 aliphatic rings. The van der Waals surface area contributed by atoms with E-state index in [1.165, 1.54) is 12.8 Å². The fourth-order valence-corrected chi connectivity index (χ4v) is 3.27. The maximum absolute atomic E-state index is 6.12. The van der Waals surface area contributed by atoms with E-state index in [4.69, 9.17) is 22.3 Å². The summed E-state index contributed by atoms with van der Waals surface area (Å²) in [5.41, 5.74) is 9.17. The second kappa shape index (κ2) is 3.99. The molecule has 0 atom stereocenters. The highest BCUT2D eigenvalue weighted by molar-refractivity contribution is 7.14. The van der Waals surface area contributed by atoms with Crippen molar-refractivity contribution in [3.8, 4) is 11.4 Å². The Hall–Kier alpha value is -1.52. The van der Waals surface area contributed by atoms with E-state index < -0.39 is 0 Å². The first kappa shape index (κ1) is 11.3. The number of rotatable bonds is 2. The van der Waals surface area contributed by atoms with Crippen molar-refractivity contribution < 1.29 is 0 Å². The summed E-state index contributed by atoms with van der Waals surface area (Å²) < 4.78 is 2.29. The van der Waals surface area contributed by atoms with Gasteiger partial charge in [-0.25, -0.2) is 4.98 Å². The quantitative estimate of drug-likeness (QED) is 0.763. The Kier molecular flexibility index (Phi) is 2.37. The van der Waals surface area contributed by atoms with E-state index in [2.05, 4.69) is 4.57 Å². The van der Waals surface area contributed by atoms with Crippen LogP contribution in [0.1, 0.15) is 18.9 Å². The predicted octanol–water partition coefficient (Wildman–Crippen LogP) is 4.34. The lowest BCUT2D eigenvalue weighted by atomic mass is 10.3. The lowest BCUT2D eigenvalue weighted by molar-refractivity contribution is 0.776. The van der Waals surface area contributed by atoms with Crippen LogP contribution in [0, 0.1) is 0 Å². The van der Waals surface area contributed by atoms with Crippen molar-refractivity contribution in [2.45, 2.75) is 18.9 Å². The van der Waals surface area contributed by atoms with Gasteiger partial charge < -0.3 is 10.3 Å². The first-order chi connectivity index (χ1) is 9.24. The van der Waals surface area contributed by atoms with Gasteiger partial charge in [-0.05, 0) is 42.5 Å². The number of nitrogens with two attached hydrogens (primary N) is 1. The number of anilines is 1. The van der Waals surface area contributed by atoms with E-state index in [1.54, 1.807) is 11.3 Å². The zero-order chi connectivity index (χ0) is 13.0. The average Bonchev–Trinajstić information content (AvgIpc) is 3.03. The summed E-state index contributed by atoms with van der Waals surface area (Å²) in [6, 6.07) is 8.44. The Balaban J connectivity index is 2.05. The molecule has 0 aliphatic heterocycles. The van der Waals surface area contributed by atoms with E-state index in [0.717, 1.165) is 32.4 Å². The summed E-state index contributed by atoms with van der Waals surface area (Å²) in [7, 11) is 0. The molecule has 5 heteroatoms. The highest BCUT2D eigenvalue weighted by Gasteiger charge is 2.29. The summed E-state index contributed by atoms with van der Waals surface area (Å²) in [6.07, 6.45) is 2.41. The molecule has 3 aromatic rings. The molecule has 0 bridgehead atoms. The Bertz CT molecular complexity index is 770. The van der Waals surface area contributed by atoms with E-state index in [1.807, 2.05) is 29.6 Å². The number of hydrogen-bond donors (Lipinski definition) is 1. The van der Waals surface area contributed by atoms with Crippen LogP contribution in [-0.2, 0) is 0 Å². The number of hydrogen-bond acceptors (Lipinski definition) is 3. The average molecular weight is 290 g/mol. The number of aromatic nitrogens is 2. The molecule has 0 unspecified atom stereocenters. The largest absolute Gasteiger partial charge is 0.390 e. The van der Waals surface area contributed by atoms with Crippen LogP contribution in [0.25, 0.3) is 22.4 Å². The van der Waals surface area contributed by atoms with Gasteiger partial charge in [-0.15, -0.1) is 11.3 Å². The van der Waals surface area contributed by atoms with Crippen molar-refractivity contribution in [3.05, 3.63) is 34.7 Å². The molecule has 0 spiro atoms. The monoisotopic (exact) mass is 289 g/mol. The van der Waals surface area contributed by atoms with Crippen LogP contribution in [-0.4, -0.2) is 9.55 Å². The molecule has 1 fully saturated rings. The Morgan fingerprint density at radius 3 is 2.84 bits per heavy atom. The summed E-state index contributed by atoms with van der Waals surface area (Å²) in [5, 5.41) is 3.58. The molecule has 0 amide bonds. The van der Waals surface area contributed by atoms with Gasteiger partial charge in [0.15, 0.2) is 0 Å². The van der Waals surface area contributed by atoms with Crippen LogP contribution in [0.4, 0.5) is 5.00 Å². The highest BCUT2D eigenvalue weighted by atomic mass is 35.5. The molecule has 0 radical (unpaired) electrons. The number of benzene rings is 1. The molecule has 1 aliphatic carbocycles. The summed E-state index contributed by atoms with van der Waals surface area (Å²) >= 11 is 7.67. The molecule has 2 aromatic heterocycles. The predicted molar refractivity (Wildman–Crippen MR) is 80.7 cm³/mol. The summed E-state index contributed by atoms with van der Waals surface area (Å²) in [4.78, 5) is 4.75. The number of nitrogens with zero attached hydrogens (tertiary/aromatic N) is 2. The zero-order valence-electron chi connectivity index (χ0n) is 10.1. The fraction of sp³-hybridized carbons (Fsp3) is 0.214. The smallest absolute Gasteiger partial charge is 0.144 e. The van der Waals surface area contributed by atoms with Gasteiger partial charge in [0.25, 0.3) is 0 Å². The normalized spacial score (nSPS) is 15.2. The van der Waals surface area contributed by atoms with Gasteiger partial charge in [0, 0.05) is 11.1 Å².